The molecule has 1 aromatic rings. The van der Waals surface area contributed by atoms with E-state index >= 15 is 0 Å². The van der Waals surface area contributed by atoms with Crippen molar-refractivity contribution in [1.29, 1.82) is 0 Å². The predicted octanol–water partition coefficient (Wildman–Crippen LogP) is 8.28. The van der Waals surface area contributed by atoms with Crippen LogP contribution in [-0.2, 0) is 12.8 Å². The Bertz CT molecular complexity index is 677. The third-order valence-electron chi connectivity index (χ3n) is 7.87. The van der Waals surface area contributed by atoms with Crippen LogP contribution in [0.1, 0.15) is 111 Å². The van der Waals surface area contributed by atoms with Gasteiger partial charge >= 0.3 is 0 Å². The molecule has 2 nitrogen and oxygen atoms in total. The molecule has 1 saturated carbocycles. The lowest BCUT2D eigenvalue weighted by molar-refractivity contribution is 0.220. The second-order valence-corrected chi connectivity index (χ2v) is 11.6. The van der Waals surface area contributed by atoms with Gasteiger partial charge in [-0.05, 0) is 97.1 Å². The van der Waals surface area contributed by atoms with Crippen LogP contribution in [-0.4, -0.2) is 10.2 Å². The molecule has 2 rings (SSSR count). The highest BCUT2D eigenvalue weighted by atomic mass is 16.3. The maximum Gasteiger partial charge on any atom is 0.122 e. The van der Waals surface area contributed by atoms with Crippen LogP contribution >= 0.6 is 0 Å². The third kappa shape index (κ3) is 7.20. The molecular weight excluding hydrogens is 368 g/mol. The van der Waals surface area contributed by atoms with Gasteiger partial charge in [0.2, 0.25) is 0 Å². The minimum Gasteiger partial charge on any atom is -0.508 e. The van der Waals surface area contributed by atoms with Crippen LogP contribution in [0.4, 0.5) is 0 Å². The summed E-state index contributed by atoms with van der Waals surface area (Å²) in [6.07, 6.45) is 12.2. The molecule has 4 atom stereocenters. The number of hydrogen-bond acceptors (Lipinski definition) is 2. The first-order valence-corrected chi connectivity index (χ1v) is 12.6. The van der Waals surface area contributed by atoms with Crippen LogP contribution in [0.5, 0.6) is 11.5 Å². The summed E-state index contributed by atoms with van der Waals surface area (Å²) >= 11 is 0. The van der Waals surface area contributed by atoms with Crippen LogP contribution in [0, 0.1) is 28.6 Å². The standard InChI is InChI=1S/C28H48O2/c1-8-12-27(5,6)13-11-22-16-23(22)14-20(4)18-28(7,10-3)19-24-15-21(9-2)25(29)17-26(24)30/h15,17,20,22-23,29-30H,8-14,16,18-19H2,1-7H3. The molecule has 0 heterocycles. The molecule has 0 amide bonds. The van der Waals surface area contributed by atoms with Gasteiger partial charge in [0.05, 0.1) is 0 Å². The van der Waals surface area contributed by atoms with Gasteiger partial charge in [0.25, 0.3) is 0 Å². The van der Waals surface area contributed by atoms with E-state index in [1.807, 2.05) is 13.0 Å². The van der Waals surface area contributed by atoms with Gasteiger partial charge in [-0.25, -0.2) is 0 Å². The smallest absolute Gasteiger partial charge is 0.122 e. The van der Waals surface area contributed by atoms with Gasteiger partial charge < -0.3 is 10.2 Å². The Hall–Kier alpha value is -1.18. The summed E-state index contributed by atoms with van der Waals surface area (Å²) in [5.74, 6) is 3.08. The first-order valence-electron chi connectivity index (χ1n) is 12.6. The van der Waals surface area contributed by atoms with Crippen LogP contribution in [0.25, 0.3) is 0 Å². The SMILES string of the molecule is CCCC(C)(C)CCC1CC1CC(C)CC(C)(CC)Cc1cc(CC)c(O)cc1O. The molecule has 1 aromatic carbocycles. The van der Waals surface area contributed by atoms with Crippen molar-refractivity contribution < 1.29 is 10.2 Å². The lowest BCUT2D eigenvalue weighted by Gasteiger charge is -2.32. The Morgan fingerprint density at radius 3 is 2.23 bits per heavy atom. The summed E-state index contributed by atoms with van der Waals surface area (Å²) in [6.45, 7) is 16.3. The van der Waals surface area contributed by atoms with Crippen LogP contribution in [0.2, 0.25) is 0 Å². The average Bonchev–Trinajstić information content (AvgIpc) is 3.40. The van der Waals surface area contributed by atoms with Gasteiger partial charge in [-0.1, -0.05) is 61.3 Å². The second-order valence-electron chi connectivity index (χ2n) is 11.6. The first kappa shape index (κ1) is 25.1. The zero-order chi connectivity index (χ0) is 22.5. The number of phenolic OH excluding ortho intramolecular Hbond substituents is 2. The van der Waals surface area contributed by atoms with E-state index in [-0.39, 0.29) is 16.9 Å². The lowest BCUT2D eigenvalue weighted by atomic mass is 9.73. The van der Waals surface area contributed by atoms with E-state index in [9.17, 15) is 10.2 Å². The highest BCUT2D eigenvalue weighted by molar-refractivity contribution is 5.45. The minimum atomic E-state index is 0.187. The minimum absolute atomic E-state index is 0.187. The molecule has 1 aliphatic rings. The van der Waals surface area contributed by atoms with Gasteiger partial charge in [-0.15, -0.1) is 0 Å². The molecule has 30 heavy (non-hydrogen) atoms. The third-order valence-corrected chi connectivity index (χ3v) is 7.87. The van der Waals surface area contributed by atoms with Crippen molar-refractivity contribution in [2.75, 3.05) is 0 Å². The molecule has 4 unspecified atom stereocenters. The molecule has 0 saturated heterocycles. The van der Waals surface area contributed by atoms with E-state index in [1.54, 1.807) is 0 Å². The maximum atomic E-state index is 10.4. The molecule has 2 heteroatoms. The quantitative estimate of drug-likeness (QED) is 0.339. The highest BCUT2D eigenvalue weighted by Crippen LogP contribution is 2.49. The van der Waals surface area contributed by atoms with E-state index in [4.69, 9.17) is 0 Å². The monoisotopic (exact) mass is 416 g/mol. The molecule has 1 aliphatic carbocycles. The van der Waals surface area contributed by atoms with E-state index in [0.29, 0.717) is 5.41 Å². The van der Waals surface area contributed by atoms with Crippen molar-refractivity contribution in [3.05, 3.63) is 23.3 Å². The fourth-order valence-electron chi connectivity index (χ4n) is 5.67. The average molecular weight is 417 g/mol. The van der Waals surface area contributed by atoms with Crippen molar-refractivity contribution in [3.63, 3.8) is 0 Å². The lowest BCUT2D eigenvalue weighted by Crippen LogP contribution is -2.22. The Morgan fingerprint density at radius 1 is 0.967 bits per heavy atom. The largest absolute Gasteiger partial charge is 0.508 e. The van der Waals surface area contributed by atoms with Crippen molar-refractivity contribution in [3.8, 4) is 11.5 Å². The number of aryl methyl sites for hydroxylation is 1. The van der Waals surface area contributed by atoms with Crippen molar-refractivity contribution in [1.82, 2.24) is 0 Å². The zero-order valence-corrected chi connectivity index (χ0v) is 20.9. The Kier molecular flexibility index (Phi) is 8.71. The molecule has 172 valence electrons. The fourth-order valence-corrected chi connectivity index (χ4v) is 5.67. The van der Waals surface area contributed by atoms with Gasteiger partial charge in [0, 0.05) is 6.07 Å². The normalized spacial score (nSPS) is 22.0. The Balaban J connectivity index is 1.88. The molecule has 0 spiro atoms. The van der Waals surface area contributed by atoms with Crippen molar-refractivity contribution in [2.45, 2.75) is 113 Å². The summed E-state index contributed by atoms with van der Waals surface area (Å²) in [6, 6.07) is 3.54. The van der Waals surface area contributed by atoms with E-state index in [1.165, 1.54) is 51.0 Å². The maximum absolute atomic E-state index is 10.4. The van der Waals surface area contributed by atoms with Crippen LogP contribution in [0.15, 0.2) is 12.1 Å². The van der Waals surface area contributed by atoms with Gasteiger partial charge in [0.1, 0.15) is 11.5 Å². The highest BCUT2D eigenvalue weighted by Gasteiger charge is 2.39. The number of aromatic hydroxyl groups is 2. The van der Waals surface area contributed by atoms with Gasteiger partial charge in [0.15, 0.2) is 0 Å². The summed E-state index contributed by atoms with van der Waals surface area (Å²) < 4.78 is 0. The van der Waals surface area contributed by atoms with E-state index < -0.39 is 0 Å². The zero-order valence-electron chi connectivity index (χ0n) is 20.9. The van der Waals surface area contributed by atoms with Crippen molar-refractivity contribution in [2.24, 2.45) is 28.6 Å². The summed E-state index contributed by atoms with van der Waals surface area (Å²) in [5, 5.41) is 20.4. The van der Waals surface area contributed by atoms with Crippen LogP contribution in [0.3, 0.4) is 0 Å². The Labute approximate surface area is 186 Å². The first-order chi connectivity index (χ1) is 14.0. The second kappa shape index (κ2) is 10.4. The number of hydrogen-bond donors (Lipinski definition) is 2. The number of rotatable bonds is 13. The van der Waals surface area contributed by atoms with Gasteiger partial charge in [-0.3, -0.25) is 0 Å². The molecule has 0 aromatic heterocycles. The van der Waals surface area contributed by atoms with Gasteiger partial charge in [-0.2, -0.15) is 0 Å². The summed E-state index contributed by atoms with van der Waals surface area (Å²) in [4.78, 5) is 0. The predicted molar refractivity (Wildman–Crippen MR) is 129 cm³/mol. The fraction of sp³-hybridized carbons (Fsp3) is 0.786. The van der Waals surface area contributed by atoms with E-state index in [0.717, 1.165) is 48.1 Å². The number of benzene rings is 1. The molecule has 2 N–H and O–H groups in total. The molecule has 0 aliphatic heterocycles. The van der Waals surface area contributed by atoms with E-state index in [2.05, 4.69) is 41.5 Å². The summed E-state index contributed by atoms with van der Waals surface area (Å²) in [5.41, 5.74) is 2.62. The molecule has 0 bridgehead atoms. The number of phenols is 2. The molecule has 0 radical (unpaired) electrons. The van der Waals surface area contributed by atoms with Crippen LogP contribution < -0.4 is 0 Å². The molecular formula is C28H48O2. The topological polar surface area (TPSA) is 40.5 Å². The molecule has 1 fully saturated rings. The Morgan fingerprint density at radius 2 is 1.63 bits per heavy atom. The summed E-state index contributed by atoms with van der Waals surface area (Å²) in [7, 11) is 0. The van der Waals surface area contributed by atoms with Crippen molar-refractivity contribution >= 4 is 0 Å².